The summed E-state index contributed by atoms with van der Waals surface area (Å²) in [7, 11) is -3.55. The van der Waals surface area contributed by atoms with Gasteiger partial charge in [0.25, 0.3) is 0 Å². The Kier molecular flexibility index (Phi) is 4.33. The number of hydrogen-bond donors (Lipinski definition) is 1. The Morgan fingerprint density at radius 2 is 1.79 bits per heavy atom. The minimum absolute atomic E-state index is 0.109. The lowest BCUT2D eigenvalue weighted by atomic mass is 10.1. The molecule has 0 spiro atoms. The fourth-order valence-electron chi connectivity index (χ4n) is 2.25. The van der Waals surface area contributed by atoms with Crippen molar-refractivity contribution < 1.29 is 8.42 Å². The van der Waals surface area contributed by atoms with Crippen molar-refractivity contribution in [1.82, 2.24) is 15.0 Å². The molecule has 3 aromatic rings. The summed E-state index contributed by atoms with van der Waals surface area (Å²) in [5.74, 6) is 0.641. The van der Waals surface area contributed by atoms with E-state index in [4.69, 9.17) is 23.2 Å². The third-order valence-corrected chi connectivity index (χ3v) is 4.40. The van der Waals surface area contributed by atoms with Crippen LogP contribution in [0.4, 0.5) is 5.82 Å². The van der Waals surface area contributed by atoms with E-state index in [0.717, 1.165) is 6.26 Å². The number of rotatable bonds is 3. The number of anilines is 1. The molecule has 0 aliphatic heterocycles. The SMILES string of the molecule is Cc1ncc2cc(-c3c(Cl)cccc3Cl)c(NS(C)(=O)=O)nc2n1. The topological polar surface area (TPSA) is 84.8 Å². The van der Waals surface area contributed by atoms with E-state index in [9.17, 15) is 8.42 Å². The van der Waals surface area contributed by atoms with Gasteiger partial charge in [-0.05, 0) is 25.1 Å². The average molecular weight is 383 g/mol. The molecule has 1 aromatic carbocycles. The second-order valence-corrected chi connectivity index (χ2v) is 7.75. The number of aryl methyl sites for hydroxylation is 1. The zero-order chi connectivity index (χ0) is 17.5. The van der Waals surface area contributed by atoms with Gasteiger partial charge in [0, 0.05) is 22.7 Å². The molecule has 0 bridgehead atoms. The minimum Gasteiger partial charge on any atom is -0.267 e. The zero-order valence-electron chi connectivity index (χ0n) is 12.7. The quantitative estimate of drug-likeness (QED) is 0.746. The highest BCUT2D eigenvalue weighted by Gasteiger charge is 2.18. The molecule has 124 valence electrons. The standard InChI is InChI=1S/C15H12Cl2N4O2S/c1-8-18-7-9-6-10(13-11(16)4-3-5-12(13)17)15(20-14(9)19-8)21-24(2,22)23/h3-7H,1-2H3,(H,18,19,20,21). The molecule has 0 saturated carbocycles. The van der Waals surface area contributed by atoms with Crippen molar-refractivity contribution in [2.24, 2.45) is 0 Å². The number of nitrogens with zero attached hydrogens (tertiary/aromatic N) is 3. The minimum atomic E-state index is -3.55. The summed E-state index contributed by atoms with van der Waals surface area (Å²) in [5.41, 5.74) is 1.32. The largest absolute Gasteiger partial charge is 0.267 e. The van der Waals surface area contributed by atoms with Crippen LogP contribution in [0.25, 0.3) is 22.2 Å². The molecule has 0 aliphatic rings. The van der Waals surface area contributed by atoms with Gasteiger partial charge in [0.2, 0.25) is 10.0 Å². The van der Waals surface area contributed by atoms with Crippen molar-refractivity contribution >= 4 is 50.1 Å². The first-order valence-corrected chi connectivity index (χ1v) is 9.46. The maximum absolute atomic E-state index is 11.7. The Labute approximate surface area is 148 Å². The van der Waals surface area contributed by atoms with Gasteiger partial charge in [-0.25, -0.2) is 23.4 Å². The fourth-order valence-corrected chi connectivity index (χ4v) is 3.36. The lowest BCUT2D eigenvalue weighted by Crippen LogP contribution is -2.12. The van der Waals surface area contributed by atoms with Crippen LogP contribution < -0.4 is 4.72 Å². The molecule has 0 saturated heterocycles. The summed E-state index contributed by atoms with van der Waals surface area (Å²) in [6.45, 7) is 1.73. The molecule has 0 aliphatic carbocycles. The summed E-state index contributed by atoms with van der Waals surface area (Å²) >= 11 is 12.5. The van der Waals surface area contributed by atoms with Gasteiger partial charge < -0.3 is 0 Å². The zero-order valence-corrected chi connectivity index (χ0v) is 15.0. The molecule has 24 heavy (non-hydrogen) atoms. The number of aromatic nitrogens is 3. The molecule has 6 nitrogen and oxygen atoms in total. The van der Waals surface area contributed by atoms with Crippen LogP contribution in [-0.2, 0) is 10.0 Å². The Morgan fingerprint density at radius 3 is 2.42 bits per heavy atom. The molecule has 0 unspecified atom stereocenters. The molecule has 2 heterocycles. The van der Waals surface area contributed by atoms with Gasteiger partial charge in [0.1, 0.15) is 11.6 Å². The van der Waals surface area contributed by atoms with Crippen LogP contribution in [0.5, 0.6) is 0 Å². The third-order valence-electron chi connectivity index (χ3n) is 3.20. The van der Waals surface area contributed by atoms with E-state index in [0.29, 0.717) is 38.0 Å². The van der Waals surface area contributed by atoms with Crippen LogP contribution in [0.2, 0.25) is 10.0 Å². The number of nitrogens with one attached hydrogen (secondary N) is 1. The number of hydrogen-bond acceptors (Lipinski definition) is 5. The summed E-state index contributed by atoms with van der Waals surface area (Å²) < 4.78 is 25.8. The van der Waals surface area contributed by atoms with Gasteiger partial charge in [-0.15, -0.1) is 0 Å². The van der Waals surface area contributed by atoms with Crippen molar-refractivity contribution in [3.05, 3.63) is 46.3 Å². The van der Waals surface area contributed by atoms with E-state index in [1.165, 1.54) is 0 Å². The maximum Gasteiger partial charge on any atom is 0.230 e. The molecule has 9 heteroatoms. The molecule has 3 rings (SSSR count). The van der Waals surface area contributed by atoms with Gasteiger partial charge in [-0.2, -0.15) is 0 Å². The van der Waals surface area contributed by atoms with E-state index in [1.54, 1.807) is 37.4 Å². The Morgan fingerprint density at radius 1 is 1.12 bits per heavy atom. The summed E-state index contributed by atoms with van der Waals surface area (Å²) in [5, 5.41) is 1.41. The first-order chi connectivity index (χ1) is 11.2. The van der Waals surface area contributed by atoms with Crippen LogP contribution >= 0.6 is 23.2 Å². The number of pyridine rings is 1. The highest BCUT2D eigenvalue weighted by molar-refractivity contribution is 7.92. The molecule has 0 amide bonds. The Hall–Kier alpha value is -1.96. The van der Waals surface area contributed by atoms with E-state index in [2.05, 4.69) is 19.7 Å². The van der Waals surface area contributed by atoms with Gasteiger partial charge in [-0.3, -0.25) is 4.72 Å². The second kappa shape index (κ2) is 6.16. The van der Waals surface area contributed by atoms with E-state index < -0.39 is 10.0 Å². The van der Waals surface area contributed by atoms with E-state index in [1.807, 2.05) is 0 Å². The second-order valence-electron chi connectivity index (χ2n) is 5.19. The predicted molar refractivity (Wildman–Crippen MR) is 96.0 cm³/mol. The Bertz CT molecular complexity index is 1030. The Balaban J connectivity index is 2.36. The number of sulfonamides is 1. The van der Waals surface area contributed by atoms with Gasteiger partial charge in [-0.1, -0.05) is 29.3 Å². The molecular formula is C15H12Cl2N4O2S. The monoisotopic (exact) mass is 382 g/mol. The average Bonchev–Trinajstić information content (AvgIpc) is 2.46. The third kappa shape index (κ3) is 3.43. The van der Waals surface area contributed by atoms with Crippen molar-refractivity contribution in [2.45, 2.75) is 6.92 Å². The van der Waals surface area contributed by atoms with Crippen LogP contribution in [0, 0.1) is 6.92 Å². The normalized spacial score (nSPS) is 11.7. The number of benzene rings is 1. The van der Waals surface area contributed by atoms with Crippen molar-refractivity contribution in [1.29, 1.82) is 0 Å². The summed E-state index contributed by atoms with van der Waals surface area (Å²) in [4.78, 5) is 12.7. The van der Waals surface area contributed by atoms with Gasteiger partial charge in [0.05, 0.1) is 16.3 Å². The maximum atomic E-state index is 11.7. The molecule has 0 radical (unpaired) electrons. The van der Waals surface area contributed by atoms with Crippen LogP contribution in [0.3, 0.4) is 0 Å². The lowest BCUT2D eigenvalue weighted by Gasteiger charge is -2.14. The van der Waals surface area contributed by atoms with Crippen LogP contribution in [0.15, 0.2) is 30.5 Å². The highest BCUT2D eigenvalue weighted by Crippen LogP contribution is 2.39. The molecule has 1 N–H and O–H groups in total. The molecule has 0 atom stereocenters. The van der Waals surface area contributed by atoms with E-state index >= 15 is 0 Å². The summed E-state index contributed by atoms with van der Waals surface area (Å²) in [6.07, 6.45) is 2.66. The van der Waals surface area contributed by atoms with Crippen molar-refractivity contribution in [3.8, 4) is 11.1 Å². The van der Waals surface area contributed by atoms with Crippen LogP contribution in [-0.4, -0.2) is 29.6 Å². The first-order valence-electron chi connectivity index (χ1n) is 6.81. The van der Waals surface area contributed by atoms with Gasteiger partial charge in [0.15, 0.2) is 5.65 Å². The first kappa shape index (κ1) is 16.9. The summed E-state index contributed by atoms with van der Waals surface area (Å²) in [6, 6.07) is 6.76. The molecule has 0 fully saturated rings. The fraction of sp³-hybridized carbons (Fsp3) is 0.133. The number of halogens is 2. The van der Waals surface area contributed by atoms with Crippen molar-refractivity contribution in [2.75, 3.05) is 11.0 Å². The smallest absolute Gasteiger partial charge is 0.230 e. The van der Waals surface area contributed by atoms with Crippen LogP contribution in [0.1, 0.15) is 5.82 Å². The van der Waals surface area contributed by atoms with Crippen molar-refractivity contribution in [3.63, 3.8) is 0 Å². The highest BCUT2D eigenvalue weighted by atomic mass is 35.5. The number of fused-ring (bicyclic) bond motifs is 1. The van der Waals surface area contributed by atoms with Gasteiger partial charge >= 0.3 is 0 Å². The molecular weight excluding hydrogens is 371 g/mol. The predicted octanol–water partition coefficient (Wildman–Crippen LogP) is 3.68. The molecule has 2 aromatic heterocycles. The lowest BCUT2D eigenvalue weighted by molar-refractivity contribution is 0.606. The van der Waals surface area contributed by atoms with E-state index in [-0.39, 0.29) is 5.82 Å².